The Morgan fingerprint density at radius 3 is 2.76 bits per heavy atom. The number of thioether (sulfide) groups is 1. The maximum atomic E-state index is 11.2. The van der Waals surface area contributed by atoms with E-state index in [2.05, 4.69) is 9.72 Å². The van der Waals surface area contributed by atoms with Crippen LogP contribution >= 0.6 is 23.1 Å². The second kappa shape index (κ2) is 6.02. The number of thiazole rings is 1. The van der Waals surface area contributed by atoms with Crippen molar-refractivity contribution in [2.75, 3.05) is 7.11 Å². The number of amides is 1. The fraction of sp³-hybridized carbons (Fsp3) is 0.500. The highest BCUT2D eigenvalue weighted by Crippen LogP contribution is 2.30. The SMILES string of the molecule is COC(=O)[C@H](C)Sc1nc(C)c(CC(N)=O)s1. The molecular formula is C10H14N2O3S2. The number of methoxy groups -OCH3 is 1. The summed E-state index contributed by atoms with van der Waals surface area (Å²) in [6.45, 7) is 3.57. The zero-order chi connectivity index (χ0) is 13.0. The molecule has 0 saturated heterocycles. The molecule has 94 valence electrons. The van der Waals surface area contributed by atoms with Gasteiger partial charge in [0.15, 0.2) is 4.34 Å². The molecule has 0 unspecified atom stereocenters. The predicted octanol–water partition coefficient (Wildman–Crippen LogP) is 1.13. The lowest BCUT2D eigenvalue weighted by Gasteiger charge is -2.05. The molecule has 1 atom stereocenters. The van der Waals surface area contributed by atoms with Gasteiger partial charge in [-0.3, -0.25) is 9.59 Å². The summed E-state index contributed by atoms with van der Waals surface area (Å²) >= 11 is 2.71. The molecule has 1 aromatic heterocycles. The van der Waals surface area contributed by atoms with Crippen LogP contribution in [0.5, 0.6) is 0 Å². The first kappa shape index (κ1) is 14.0. The van der Waals surface area contributed by atoms with Gasteiger partial charge in [-0.2, -0.15) is 0 Å². The summed E-state index contributed by atoms with van der Waals surface area (Å²) in [4.78, 5) is 27.2. The fourth-order valence-corrected chi connectivity index (χ4v) is 3.55. The van der Waals surface area contributed by atoms with E-state index in [0.717, 1.165) is 14.9 Å². The zero-order valence-electron chi connectivity index (χ0n) is 9.85. The number of hydrogen-bond acceptors (Lipinski definition) is 6. The first-order valence-electron chi connectivity index (χ1n) is 4.93. The van der Waals surface area contributed by atoms with Crippen molar-refractivity contribution in [3.05, 3.63) is 10.6 Å². The Bertz CT molecular complexity index is 431. The molecule has 7 heteroatoms. The van der Waals surface area contributed by atoms with Gasteiger partial charge in [0, 0.05) is 4.88 Å². The van der Waals surface area contributed by atoms with Crippen molar-refractivity contribution in [2.24, 2.45) is 5.73 Å². The Morgan fingerprint density at radius 1 is 1.59 bits per heavy atom. The topological polar surface area (TPSA) is 82.3 Å². The van der Waals surface area contributed by atoms with E-state index in [-0.39, 0.29) is 23.5 Å². The standard InChI is InChI=1S/C10H14N2O3S2/c1-5-7(4-8(11)13)17-10(12-5)16-6(2)9(14)15-3/h6H,4H2,1-3H3,(H2,11,13)/t6-/m0/s1. The van der Waals surface area contributed by atoms with Crippen LogP contribution in [0.4, 0.5) is 0 Å². The van der Waals surface area contributed by atoms with Crippen LogP contribution in [-0.2, 0) is 20.7 Å². The third kappa shape index (κ3) is 4.01. The molecule has 1 heterocycles. The van der Waals surface area contributed by atoms with Gasteiger partial charge in [-0.15, -0.1) is 11.3 Å². The van der Waals surface area contributed by atoms with E-state index >= 15 is 0 Å². The number of nitrogens with two attached hydrogens (primary N) is 1. The average Bonchev–Trinajstić information content (AvgIpc) is 2.57. The van der Waals surface area contributed by atoms with Crippen LogP contribution in [0.1, 0.15) is 17.5 Å². The minimum absolute atomic E-state index is 0.191. The van der Waals surface area contributed by atoms with Crippen LogP contribution in [0.15, 0.2) is 4.34 Å². The van der Waals surface area contributed by atoms with E-state index < -0.39 is 0 Å². The summed E-state index contributed by atoms with van der Waals surface area (Å²) in [5.74, 6) is -0.673. The number of nitrogens with zero attached hydrogens (tertiary/aromatic N) is 1. The molecule has 5 nitrogen and oxygen atoms in total. The van der Waals surface area contributed by atoms with E-state index in [0.29, 0.717) is 0 Å². The molecule has 17 heavy (non-hydrogen) atoms. The van der Waals surface area contributed by atoms with E-state index in [9.17, 15) is 9.59 Å². The molecular weight excluding hydrogens is 260 g/mol. The average molecular weight is 274 g/mol. The number of carbonyl (C=O) groups is 2. The summed E-state index contributed by atoms with van der Waals surface area (Å²) in [6.07, 6.45) is 0.191. The van der Waals surface area contributed by atoms with Crippen LogP contribution in [0.3, 0.4) is 0 Å². The molecule has 0 aliphatic carbocycles. The molecule has 0 aliphatic rings. The third-order valence-electron chi connectivity index (χ3n) is 2.02. The van der Waals surface area contributed by atoms with Gasteiger partial charge >= 0.3 is 5.97 Å². The molecule has 0 fully saturated rings. The first-order valence-corrected chi connectivity index (χ1v) is 6.62. The van der Waals surface area contributed by atoms with Crippen LogP contribution in [0.2, 0.25) is 0 Å². The van der Waals surface area contributed by atoms with Gasteiger partial charge in [0.2, 0.25) is 5.91 Å². The van der Waals surface area contributed by atoms with Gasteiger partial charge in [-0.25, -0.2) is 4.98 Å². The summed E-state index contributed by atoms with van der Waals surface area (Å²) in [5.41, 5.74) is 5.92. The van der Waals surface area contributed by atoms with Gasteiger partial charge in [-0.1, -0.05) is 11.8 Å². The Morgan fingerprint density at radius 2 is 2.24 bits per heavy atom. The number of ether oxygens (including phenoxy) is 1. The number of esters is 1. The Labute approximate surface area is 108 Å². The molecule has 0 aromatic carbocycles. The van der Waals surface area contributed by atoms with Crippen molar-refractivity contribution >= 4 is 35.0 Å². The molecule has 0 radical (unpaired) electrons. The number of rotatable bonds is 5. The summed E-state index contributed by atoms with van der Waals surface area (Å²) in [6, 6.07) is 0. The van der Waals surface area contributed by atoms with Gasteiger partial charge in [-0.05, 0) is 13.8 Å². The fourth-order valence-electron chi connectivity index (χ4n) is 1.14. The van der Waals surface area contributed by atoms with Crippen molar-refractivity contribution in [1.82, 2.24) is 4.98 Å². The molecule has 0 bridgehead atoms. The van der Waals surface area contributed by atoms with E-state index in [1.54, 1.807) is 6.92 Å². The van der Waals surface area contributed by atoms with Crippen molar-refractivity contribution in [3.63, 3.8) is 0 Å². The van der Waals surface area contributed by atoms with Gasteiger partial charge in [0.05, 0.1) is 19.2 Å². The quantitative estimate of drug-likeness (QED) is 0.643. The van der Waals surface area contributed by atoms with E-state index in [1.165, 1.54) is 30.2 Å². The van der Waals surface area contributed by atoms with Gasteiger partial charge in [0.1, 0.15) is 5.25 Å². The lowest BCUT2D eigenvalue weighted by atomic mass is 10.3. The summed E-state index contributed by atoms with van der Waals surface area (Å²) < 4.78 is 5.38. The first-order chi connectivity index (χ1) is 7.93. The Kier molecular flexibility index (Phi) is 4.95. The maximum Gasteiger partial charge on any atom is 0.318 e. The second-order valence-electron chi connectivity index (χ2n) is 3.41. The predicted molar refractivity (Wildman–Crippen MR) is 67.1 cm³/mol. The summed E-state index contributed by atoms with van der Waals surface area (Å²) in [7, 11) is 1.35. The van der Waals surface area contributed by atoms with Crippen LogP contribution < -0.4 is 5.73 Å². The number of primary amides is 1. The molecule has 0 spiro atoms. The number of aryl methyl sites for hydroxylation is 1. The number of carbonyl (C=O) groups excluding carboxylic acids is 2. The zero-order valence-corrected chi connectivity index (χ0v) is 11.5. The minimum atomic E-state index is -0.380. The highest BCUT2D eigenvalue weighted by atomic mass is 32.2. The number of aromatic nitrogens is 1. The van der Waals surface area contributed by atoms with Crippen molar-refractivity contribution < 1.29 is 14.3 Å². The van der Waals surface area contributed by atoms with Crippen LogP contribution in [-0.4, -0.2) is 29.2 Å². The largest absolute Gasteiger partial charge is 0.468 e. The highest BCUT2D eigenvalue weighted by molar-refractivity contribution is 8.02. The lowest BCUT2D eigenvalue weighted by molar-refractivity contribution is -0.139. The molecule has 0 aliphatic heterocycles. The van der Waals surface area contributed by atoms with Crippen LogP contribution in [0.25, 0.3) is 0 Å². The van der Waals surface area contributed by atoms with E-state index in [4.69, 9.17) is 5.73 Å². The van der Waals surface area contributed by atoms with E-state index in [1.807, 2.05) is 6.92 Å². The minimum Gasteiger partial charge on any atom is -0.468 e. The normalized spacial score (nSPS) is 12.2. The Balaban J connectivity index is 2.73. The monoisotopic (exact) mass is 274 g/mol. The lowest BCUT2D eigenvalue weighted by Crippen LogP contribution is -2.14. The van der Waals surface area contributed by atoms with Crippen LogP contribution in [0, 0.1) is 6.92 Å². The maximum absolute atomic E-state index is 11.2. The molecule has 1 aromatic rings. The highest BCUT2D eigenvalue weighted by Gasteiger charge is 2.18. The molecule has 1 amide bonds. The van der Waals surface area contributed by atoms with Gasteiger partial charge < -0.3 is 10.5 Å². The molecule has 0 saturated carbocycles. The molecule has 2 N–H and O–H groups in total. The Hall–Kier alpha value is -1.08. The molecule has 1 rings (SSSR count). The third-order valence-corrected chi connectivity index (χ3v) is 4.35. The van der Waals surface area contributed by atoms with Gasteiger partial charge in [0.25, 0.3) is 0 Å². The second-order valence-corrected chi connectivity index (χ2v) is 6.09. The van der Waals surface area contributed by atoms with Crippen molar-refractivity contribution in [2.45, 2.75) is 29.9 Å². The van der Waals surface area contributed by atoms with Crippen molar-refractivity contribution in [1.29, 1.82) is 0 Å². The summed E-state index contributed by atoms with van der Waals surface area (Å²) in [5, 5.41) is -0.313. The number of hydrogen-bond donors (Lipinski definition) is 1. The smallest absolute Gasteiger partial charge is 0.318 e. The van der Waals surface area contributed by atoms with Crippen molar-refractivity contribution in [3.8, 4) is 0 Å².